The summed E-state index contributed by atoms with van der Waals surface area (Å²) < 4.78 is 13.6. The number of halogens is 2. The van der Waals surface area contributed by atoms with Gasteiger partial charge in [-0.05, 0) is 30.4 Å². The van der Waals surface area contributed by atoms with Crippen molar-refractivity contribution in [3.8, 4) is 0 Å². The quantitative estimate of drug-likeness (QED) is 0.650. The van der Waals surface area contributed by atoms with Gasteiger partial charge in [0.25, 0.3) is 0 Å². The van der Waals surface area contributed by atoms with Gasteiger partial charge in [-0.2, -0.15) is 4.98 Å². The number of carbonyl (C=O) groups excluding carboxylic acids is 1. The highest BCUT2D eigenvalue weighted by Crippen LogP contribution is 2.49. The molecule has 3 N–H and O–H groups in total. The predicted molar refractivity (Wildman–Crippen MR) is 67.9 cm³/mol. The minimum atomic E-state index is -0.602. The Morgan fingerprint density at radius 3 is 3.05 bits per heavy atom. The lowest BCUT2D eigenvalue weighted by Crippen LogP contribution is -2.35. The highest BCUT2D eigenvalue weighted by molar-refractivity contribution is 6.28. The van der Waals surface area contributed by atoms with Gasteiger partial charge in [0.2, 0.25) is 11.2 Å². The second-order valence-corrected chi connectivity index (χ2v) is 5.38. The molecule has 3 rings (SSSR count). The summed E-state index contributed by atoms with van der Waals surface area (Å²) in [5.74, 6) is -0.688. The second-order valence-electron chi connectivity index (χ2n) is 5.04. The lowest BCUT2D eigenvalue weighted by atomic mass is 9.86. The van der Waals surface area contributed by atoms with Gasteiger partial charge in [-0.1, -0.05) is 12.2 Å². The van der Waals surface area contributed by atoms with Crippen LogP contribution in [0, 0.1) is 17.2 Å². The summed E-state index contributed by atoms with van der Waals surface area (Å²) in [6.45, 7) is 0. The summed E-state index contributed by atoms with van der Waals surface area (Å²) in [6.07, 6.45) is 6.05. The van der Waals surface area contributed by atoms with Gasteiger partial charge in [-0.15, -0.1) is 0 Å². The Morgan fingerprint density at radius 1 is 1.58 bits per heavy atom. The van der Waals surface area contributed by atoms with Crippen molar-refractivity contribution < 1.29 is 9.18 Å². The van der Waals surface area contributed by atoms with Gasteiger partial charge in [0, 0.05) is 6.04 Å². The number of nitrogens with one attached hydrogen (secondary N) is 1. The van der Waals surface area contributed by atoms with Crippen LogP contribution in [0.2, 0.25) is 5.28 Å². The topological polar surface area (TPSA) is 80.9 Å². The first-order valence-electron chi connectivity index (χ1n) is 5.94. The Bertz CT molecular complexity index is 579. The third kappa shape index (κ3) is 1.96. The first-order valence-corrected chi connectivity index (χ1v) is 6.32. The monoisotopic (exact) mass is 282 g/mol. The number of primary amides is 1. The fraction of sp³-hybridized carbons (Fsp3) is 0.417. The van der Waals surface area contributed by atoms with E-state index < -0.39 is 11.2 Å². The van der Waals surface area contributed by atoms with Crippen molar-refractivity contribution in [2.75, 3.05) is 5.32 Å². The number of aromatic nitrogens is 2. The van der Waals surface area contributed by atoms with Crippen molar-refractivity contribution in [1.29, 1.82) is 0 Å². The highest BCUT2D eigenvalue weighted by Gasteiger charge is 2.50. The van der Waals surface area contributed by atoms with E-state index in [4.69, 9.17) is 17.3 Å². The number of hydrogen-bond donors (Lipinski definition) is 2. The summed E-state index contributed by atoms with van der Waals surface area (Å²) in [7, 11) is 0. The molecule has 2 bridgehead atoms. The molecule has 100 valence electrons. The van der Waals surface area contributed by atoms with E-state index in [1.54, 1.807) is 0 Å². The SMILES string of the molecule is NC(=O)C12C=CC(C1)C(Nc1nc(Cl)ncc1F)C2. The largest absolute Gasteiger partial charge is 0.369 e. The standard InChI is InChI=1S/C12H12ClFN4O/c13-11-16-5-7(14)9(18-11)17-8-4-12(10(15)19)2-1-6(8)3-12/h1-2,5-6,8H,3-4H2,(H2,15,19)(H,16,17,18). The molecule has 1 aromatic heterocycles. The van der Waals surface area contributed by atoms with E-state index >= 15 is 0 Å². The second kappa shape index (κ2) is 4.16. The molecule has 2 aliphatic carbocycles. The van der Waals surface area contributed by atoms with Crippen LogP contribution in [0.4, 0.5) is 10.2 Å². The number of hydrogen-bond acceptors (Lipinski definition) is 4. The number of carbonyl (C=O) groups is 1. The number of anilines is 1. The summed E-state index contributed by atoms with van der Waals surface area (Å²) in [6, 6.07) is -0.0713. The Hall–Kier alpha value is -1.69. The van der Waals surface area contributed by atoms with E-state index in [2.05, 4.69) is 15.3 Å². The molecule has 3 atom stereocenters. The molecule has 2 aliphatic rings. The third-order valence-electron chi connectivity index (χ3n) is 3.89. The normalized spacial score (nSPS) is 31.7. The highest BCUT2D eigenvalue weighted by atomic mass is 35.5. The van der Waals surface area contributed by atoms with Crippen LogP contribution in [0.1, 0.15) is 12.8 Å². The molecule has 0 saturated heterocycles. The van der Waals surface area contributed by atoms with E-state index in [0.717, 1.165) is 6.20 Å². The number of rotatable bonds is 3. The van der Waals surface area contributed by atoms with E-state index in [0.29, 0.717) is 12.8 Å². The number of nitrogens with two attached hydrogens (primary N) is 1. The van der Waals surface area contributed by atoms with Crippen LogP contribution < -0.4 is 11.1 Å². The van der Waals surface area contributed by atoms with Crippen LogP contribution >= 0.6 is 11.6 Å². The van der Waals surface area contributed by atoms with E-state index in [-0.39, 0.29) is 29.0 Å². The van der Waals surface area contributed by atoms with Gasteiger partial charge in [0.15, 0.2) is 11.6 Å². The van der Waals surface area contributed by atoms with E-state index in [9.17, 15) is 9.18 Å². The molecule has 7 heteroatoms. The Kier molecular flexibility index (Phi) is 2.70. The first kappa shape index (κ1) is 12.3. The van der Waals surface area contributed by atoms with Gasteiger partial charge < -0.3 is 11.1 Å². The summed E-state index contributed by atoms with van der Waals surface area (Å²) in [5.41, 5.74) is 4.84. The Morgan fingerprint density at radius 2 is 2.37 bits per heavy atom. The fourth-order valence-corrected chi connectivity index (χ4v) is 3.03. The van der Waals surface area contributed by atoms with Crippen LogP contribution in [0.15, 0.2) is 18.3 Å². The molecule has 5 nitrogen and oxygen atoms in total. The van der Waals surface area contributed by atoms with Crippen molar-refractivity contribution in [3.63, 3.8) is 0 Å². The molecule has 0 spiro atoms. The molecule has 1 fully saturated rings. The molecule has 1 heterocycles. The fourth-order valence-electron chi connectivity index (χ4n) is 2.90. The van der Waals surface area contributed by atoms with Gasteiger partial charge in [0.1, 0.15) is 0 Å². The maximum atomic E-state index is 13.6. The van der Waals surface area contributed by atoms with Crippen LogP contribution in [-0.4, -0.2) is 21.9 Å². The molecule has 0 aliphatic heterocycles. The molecule has 3 unspecified atom stereocenters. The molecule has 19 heavy (non-hydrogen) atoms. The average molecular weight is 283 g/mol. The van der Waals surface area contributed by atoms with Gasteiger partial charge in [-0.25, -0.2) is 9.37 Å². The van der Waals surface area contributed by atoms with Crippen molar-refractivity contribution >= 4 is 23.3 Å². The zero-order valence-electron chi connectivity index (χ0n) is 9.94. The van der Waals surface area contributed by atoms with Crippen LogP contribution in [0.3, 0.4) is 0 Å². The van der Waals surface area contributed by atoms with E-state index in [1.807, 2.05) is 12.2 Å². The minimum absolute atomic E-state index is 0.0211. The lowest BCUT2D eigenvalue weighted by molar-refractivity contribution is -0.124. The van der Waals surface area contributed by atoms with Gasteiger partial charge in [-0.3, -0.25) is 4.79 Å². The number of amides is 1. The maximum Gasteiger partial charge on any atom is 0.227 e. The third-order valence-corrected chi connectivity index (χ3v) is 4.07. The molecule has 0 aromatic carbocycles. The molecule has 1 aromatic rings. The molecule has 1 amide bonds. The smallest absolute Gasteiger partial charge is 0.227 e. The maximum absolute atomic E-state index is 13.6. The number of nitrogens with zero attached hydrogens (tertiary/aromatic N) is 2. The van der Waals surface area contributed by atoms with Crippen LogP contribution in [0.5, 0.6) is 0 Å². The lowest BCUT2D eigenvalue weighted by Gasteiger charge is -2.24. The molecule has 0 radical (unpaired) electrons. The zero-order valence-corrected chi connectivity index (χ0v) is 10.7. The predicted octanol–water partition coefficient (Wildman–Crippen LogP) is 1.50. The Labute approximate surface area is 114 Å². The van der Waals surface area contributed by atoms with Crippen LogP contribution in [0.25, 0.3) is 0 Å². The summed E-state index contributed by atoms with van der Waals surface area (Å²) in [4.78, 5) is 18.9. The van der Waals surface area contributed by atoms with Crippen molar-refractivity contribution in [2.45, 2.75) is 18.9 Å². The number of fused-ring (bicyclic) bond motifs is 2. The summed E-state index contributed by atoms with van der Waals surface area (Å²) >= 11 is 5.64. The summed E-state index contributed by atoms with van der Waals surface area (Å²) in [5, 5.41) is 2.97. The first-order chi connectivity index (χ1) is 9.00. The average Bonchev–Trinajstić information content (AvgIpc) is 2.93. The Balaban J connectivity index is 1.81. The van der Waals surface area contributed by atoms with E-state index in [1.165, 1.54) is 0 Å². The molecular formula is C12H12ClFN4O. The molecule has 1 saturated carbocycles. The minimum Gasteiger partial charge on any atom is -0.369 e. The van der Waals surface area contributed by atoms with Crippen LogP contribution in [-0.2, 0) is 4.79 Å². The van der Waals surface area contributed by atoms with Crippen molar-refractivity contribution in [2.24, 2.45) is 17.1 Å². The van der Waals surface area contributed by atoms with Crippen molar-refractivity contribution in [3.05, 3.63) is 29.4 Å². The van der Waals surface area contributed by atoms with Crippen molar-refractivity contribution in [1.82, 2.24) is 9.97 Å². The molecular weight excluding hydrogens is 271 g/mol. The van der Waals surface area contributed by atoms with Gasteiger partial charge in [0.05, 0.1) is 11.6 Å². The zero-order chi connectivity index (χ0) is 13.6. The van der Waals surface area contributed by atoms with Gasteiger partial charge >= 0.3 is 0 Å².